The molecule has 2 fully saturated rings. The average molecular weight is 424 g/mol. The Morgan fingerprint density at radius 3 is 2.24 bits per heavy atom. The Morgan fingerprint density at radius 1 is 1.10 bits per heavy atom. The SMILES string of the molecule is CC1CN(C(=O)c2ccc(NC(=O)CC3(CN)CCCCC3)cc2)CC(C)O1.Cl. The van der Waals surface area contributed by atoms with Crippen LogP contribution in [-0.2, 0) is 9.53 Å². The number of nitrogens with zero attached hydrogens (tertiary/aromatic N) is 1. The number of nitrogens with two attached hydrogens (primary N) is 1. The molecule has 0 radical (unpaired) electrons. The monoisotopic (exact) mass is 423 g/mol. The number of benzene rings is 1. The van der Waals surface area contributed by atoms with Gasteiger partial charge in [0.1, 0.15) is 0 Å². The molecule has 2 atom stereocenters. The maximum Gasteiger partial charge on any atom is 0.254 e. The van der Waals surface area contributed by atoms with E-state index in [4.69, 9.17) is 10.5 Å². The molecule has 6 nitrogen and oxygen atoms in total. The second-order valence-corrected chi connectivity index (χ2v) is 8.53. The molecule has 1 aromatic rings. The minimum Gasteiger partial charge on any atom is -0.372 e. The van der Waals surface area contributed by atoms with Crippen molar-refractivity contribution in [1.29, 1.82) is 0 Å². The standard InChI is InChI=1S/C22H33N3O3.ClH/c1-16-13-25(14-17(2)28-16)21(27)18-6-8-19(9-7-18)24-20(26)12-22(15-23)10-4-3-5-11-22;/h6-9,16-17H,3-5,10-15,23H2,1-2H3,(H,24,26);1H. The van der Waals surface area contributed by atoms with Gasteiger partial charge >= 0.3 is 0 Å². The van der Waals surface area contributed by atoms with Crippen molar-refractivity contribution in [2.75, 3.05) is 25.0 Å². The highest BCUT2D eigenvalue weighted by molar-refractivity contribution is 5.96. The van der Waals surface area contributed by atoms with Crippen LogP contribution in [0.25, 0.3) is 0 Å². The van der Waals surface area contributed by atoms with Gasteiger partial charge in [-0.3, -0.25) is 9.59 Å². The molecule has 2 amide bonds. The van der Waals surface area contributed by atoms with E-state index in [9.17, 15) is 9.59 Å². The molecule has 0 spiro atoms. The van der Waals surface area contributed by atoms with E-state index in [1.54, 1.807) is 24.3 Å². The van der Waals surface area contributed by atoms with E-state index in [2.05, 4.69) is 5.32 Å². The molecule has 29 heavy (non-hydrogen) atoms. The van der Waals surface area contributed by atoms with Gasteiger partial charge in [-0.05, 0) is 62.9 Å². The van der Waals surface area contributed by atoms with Gasteiger partial charge in [-0.15, -0.1) is 12.4 Å². The zero-order chi connectivity index (χ0) is 20.1. The second-order valence-electron chi connectivity index (χ2n) is 8.53. The summed E-state index contributed by atoms with van der Waals surface area (Å²) in [5.41, 5.74) is 7.28. The Labute approximate surface area is 179 Å². The van der Waals surface area contributed by atoms with E-state index in [1.165, 1.54) is 6.42 Å². The van der Waals surface area contributed by atoms with Crippen molar-refractivity contribution >= 4 is 29.9 Å². The van der Waals surface area contributed by atoms with Gasteiger partial charge in [0.15, 0.2) is 0 Å². The van der Waals surface area contributed by atoms with E-state index < -0.39 is 0 Å². The summed E-state index contributed by atoms with van der Waals surface area (Å²) in [4.78, 5) is 27.1. The van der Waals surface area contributed by atoms with Gasteiger partial charge in [-0.25, -0.2) is 0 Å². The molecule has 1 saturated carbocycles. The third kappa shape index (κ3) is 6.17. The Balaban J connectivity index is 0.00000300. The number of hydrogen-bond acceptors (Lipinski definition) is 4. The molecule has 1 aliphatic carbocycles. The van der Waals surface area contributed by atoms with E-state index in [-0.39, 0.29) is 41.8 Å². The molecule has 162 valence electrons. The van der Waals surface area contributed by atoms with Crippen LogP contribution < -0.4 is 11.1 Å². The lowest BCUT2D eigenvalue weighted by molar-refractivity contribution is -0.118. The summed E-state index contributed by atoms with van der Waals surface area (Å²) in [6.07, 6.45) is 6.15. The van der Waals surface area contributed by atoms with Crippen LogP contribution in [0, 0.1) is 5.41 Å². The summed E-state index contributed by atoms with van der Waals surface area (Å²) in [5.74, 6) is 0.00595. The fourth-order valence-electron chi connectivity index (χ4n) is 4.52. The van der Waals surface area contributed by atoms with Gasteiger partial charge in [0.25, 0.3) is 5.91 Å². The molecule has 1 saturated heterocycles. The van der Waals surface area contributed by atoms with Crippen LogP contribution in [0.3, 0.4) is 0 Å². The Hall–Kier alpha value is -1.63. The predicted molar refractivity (Wildman–Crippen MR) is 117 cm³/mol. The third-order valence-electron chi connectivity index (χ3n) is 6.01. The number of rotatable bonds is 5. The highest BCUT2D eigenvalue weighted by Crippen LogP contribution is 2.38. The zero-order valence-corrected chi connectivity index (χ0v) is 18.3. The maximum atomic E-state index is 12.7. The smallest absolute Gasteiger partial charge is 0.254 e. The number of morpholine rings is 1. The summed E-state index contributed by atoms with van der Waals surface area (Å²) in [7, 11) is 0. The highest BCUT2D eigenvalue weighted by Gasteiger charge is 2.33. The molecule has 2 aliphatic rings. The number of anilines is 1. The van der Waals surface area contributed by atoms with Crippen LogP contribution in [0.2, 0.25) is 0 Å². The average Bonchev–Trinajstić information content (AvgIpc) is 2.68. The first-order valence-corrected chi connectivity index (χ1v) is 10.5. The molecule has 0 bridgehead atoms. The van der Waals surface area contributed by atoms with Crippen LogP contribution in [0.5, 0.6) is 0 Å². The number of ether oxygens (including phenoxy) is 1. The lowest BCUT2D eigenvalue weighted by Crippen LogP contribution is -2.48. The molecule has 2 unspecified atom stereocenters. The molecular weight excluding hydrogens is 390 g/mol. The Kier molecular flexibility index (Phi) is 8.49. The van der Waals surface area contributed by atoms with E-state index in [0.29, 0.717) is 37.3 Å². The number of carbonyl (C=O) groups is 2. The van der Waals surface area contributed by atoms with Crippen LogP contribution in [0.15, 0.2) is 24.3 Å². The van der Waals surface area contributed by atoms with Gasteiger partial charge in [-0.1, -0.05) is 19.3 Å². The topological polar surface area (TPSA) is 84.7 Å². The quantitative estimate of drug-likeness (QED) is 0.757. The minimum atomic E-state index is -0.0536. The normalized spacial score (nSPS) is 23.8. The van der Waals surface area contributed by atoms with Gasteiger partial charge in [-0.2, -0.15) is 0 Å². The number of nitrogens with one attached hydrogen (secondary N) is 1. The van der Waals surface area contributed by atoms with Crippen molar-refractivity contribution in [3.63, 3.8) is 0 Å². The first-order chi connectivity index (χ1) is 13.4. The van der Waals surface area contributed by atoms with Gasteiger partial charge in [0, 0.05) is 30.8 Å². The lowest BCUT2D eigenvalue weighted by Gasteiger charge is -2.35. The van der Waals surface area contributed by atoms with Crippen molar-refractivity contribution in [3.8, 4) is 0 Å². The predicted octanol–water partition coefficient (Wildman–Crippen LogP) is 3.60. The molecule has 3 N–H and O–H groups in total. The number of hydrogen-bond donors (Lipinski definition) is 2. The second kappa shape index (κ2) is 10.4. The van der Waals surface area contributed by atoms with E-state index >= 15 is 0 Å². The van der Waals surface area contributed by atoms with Crippen molar-refractivity contribution in [3.05, 3.63) is 29.8 Å². The molecule has 7 heteroatoms. The summed E-state index contributed by atoms with van der Waals surface area (Å²) in [6, 6.07) is 7.16. The van der Waals surface area contributed by atoms with E-state index in [1.807, 2.05) is 18.7 Å². The van der Waals surface area contributed by atoms with Gasteiger partial charge in [0.05, 0.1) is 12.2 Å². The zero-order valence-electron chi connectivity index (χ0n) is 17.5. The number of amides is 2. The van der Waals surface area contributed by atoms with Gasteiger partial charge < -0.3 is 20.7 Å². The molecule has 1 aromatic carbocycles. The summed E-state index contributed by atoms with van der Waals surface area (Å²) in [6.45, 7) is 5.72. The highest BCUT2D eigenvalue weighted by atomic mass is 35.5. The van der Waals surface area contributed by atoms with Crippen molar-refractivity contribution < 1.29 is 14.3 Å². The van der Waals surface area contributed by atoms with Crippen LogP contribution in [0.1, 0.15) is 62.7 Å². The molecule has 1 heterocycles. The lowest BCUT2D eigenvalue weighted by atomic mass is 9.71. The molecule has 1 aliphatic heterocycles. The fraction of sp³-hybridized carbons (Fsp3) is 0.636. The van der Waals surface area contributed by atoms with Crippen molar-refractivity contribution in [1.82, 2.24) is 4.90 Å². The van der Waals surface area contributed by atoms with E-state index in [0.717, 1.165) is 25.7 Å². The first kappa shape index (κ1) is 23.6. The first-order valence-electron chi connectivity index (χ1n) is 10.5. The van der Waals surface area contributed by atoms with Crippen molar-refractivity contribution in [2.24, 2.45) is 11.1 Å². The van der Waals surface area contributed by atoms with Crippen molar-refractivity contribution in [2.45, 2.75) is 64.6 Å². The Bertz CT molecular complexity index is 679. The van der Waals surface area contributed by atoms with Gasteiger partial charge in [0.2, 0.25) is 5.91 Å². The van der Waals surface area contributed by atoms with Crippen LogP contribution >= 0.6 is 12.4 Å². The minimum absolute atomic E-state index is 0. The summed E-state index contributed by atoms with van der Waals surface area (Å²) in [5, 5.41) is 2.97. The van der Waals surface area contributed by atoms with Crippen LogP contribution in [-0.4, -0.2) is 48.6 Å². The molecular formula is C22H34ClN3O3. The Morgan fingerprint density at radius 2 is 1.69 bits per heavy atom. The summed E-state index contributed by atoms with van der Waals surface area (Å²) >= 11 is 0. The maximum absolute atomic E-state index is 12.7. The summed E-state index contributed by atoms with van der Waals surface area (Å²) < 4.78 is 5.69. The fourth-order valence-corrected chi connectivity index (χ4v) is 4.52. The molecule has 0 aromatic heterocycles. The largest absolute Gasteiger partial charge is 0.372 e. The molecule has 3 rings (SSSR count). The van der Waals surface area contributed by atoms with Crippen LogP contribution in [0.4, 0.5) is 5.69 Å². The number of halogens is 1. The third-order valence-corrected chi connectivity index (χ3v) is 6.01. The number of carbonyl (C=O) groups excluding carboxylic acids is 2.